The molecule has 1 aromatic rings. The number of nitrogens with zero attached hydrogens (tertiary/aromatic N) is 2. The van der Waals surface area contributed by atoms with Crippen LogP contribution < -0.4 is 5.32 Å². The minimum absolute atomic E-state index is 0.306. The van der Waals surface area contributed by atoms with E-state index in [0.717, 1.165) is 36.0 Å². The predicted molar refractivity (Wildman–Crippen MR) is 64.7 cm³/mol. The van der Waals surface area contributed by atoms with Gasteiger partial charge in [0.2, 0.25) is 0 Å². The lowest BCUT2D eigenvalue weighted by Crippen LogP contribution is -2.17. The van der Waals surface area contributed by atoms with Crippen LogP contribution in [0.4, 0.5) is 0 Å². The van der Waals surface area contributed by atoms with Gasteiger partial charge in [0.05, 0.1) is 12.1 Å². The van der Waals surface area contributed by atoms with Crippen LogP contribution in [0.25, 0.3) is 0 Å². The minimum Gasteiger partial charge on any atom is -0.378 e. The summed E-state index contributed by atoms with van der Waals surface area (Å²) in [6.45, 7) is 6.09. The molecular weight excluding hydrogens is 222 g/mol. The molecule has 2 atom stereocenters. The highest BCUT2D eigenvalue weighted by atomic mass is 32.1. The van der Waals surface area contributed by atoms with Gasteiger partial charge in [-0.05, 0) is 26.3 Å². The summed E-state index contributed by atoms with van der Waals surface area (Å²) in [6, 6.07) is 0.306. The van der Waals surface area contributed by atoms with Gasteiger partial charge < -0.3 is 10.1 Å². The number of rotatable bonds is 5. The van der Waals surface area contributed by atoms with Crippen molar-refractivity contribution in [2.45, 2.75) is 45.3 Å². The maximum atomic E-state index is 5.60. The zero-order valence-corrected chi connectivity index (χ0v) is 10.7. The van der Waals surface area contributed by atoms with Crippen molar-refractivity contribution in [3.8, 4) is 0 Å². The van der Waals surface area contributed by atoms with Crippen LogP contribution in [0.5, 0.6) is 0 Å². The van der Waals surface area contributed by atoms with Crippen molar-refractivity contribution >= 4 is 11.3 Å². The molecule has 1 N–H and O–H groups in total. The Hall–Kier alpha value is -0.520. The molecule has 2 rings (SSSR count). The van der Waals surface area contributed by atoms with Crippen LogP contribution in [0.15, 0.2) is 0 Å². The second kappa shape index (κ2) is 5.70. The van der Waals surface area contributed by atoms with E-state index in [2.05, 4.69) is 29.4 Å². The highest BCUT2D eigenvalue weighted by molar-refractivity contribution is 7.11. The Labute approximate surface area is 100 Å². The second-order valence-electron chi connectivity index (χ2n) is 4.15. The normalized spacial score (nSPS) is 22.5. The van der Waals surface area contributed by atoms with E-state index in [4.69, 9.17) is 4.74 Å². The molecule has 0 aromatic carbocycles. The fourth-order valence-electron chi connectivity index (χ4n) is 1.92. The summed E-state index contributed by atoms with van der Waals surface area (Å²) < 4.78 is 5.60. The summed E-state index contributed by atoms with van der Waals surface area (Å²) in [4.78, 5) is 0. The van der Waals surface area contributed by atoms with E-state index in [-0.39, 0.29) is 0 Å². The third-order valence-corrected chi connectivity index (χ3v) is 3.92. The molecule has 5 heteroatoms. The van der Waals surface area contributed by atoms with Gasteiger partial charge in [0.15, 0.2) is 0 Å². The SMILES string of the molecule is CCNC(C)c1nnc(CC2CCCO2)s1. The maximum absolute atomic E-state index is 5.60. The molecule has 90 valence electrons. The monoisotopic (exact) mass is 241 g/mol. The Morgan fingerprint density at radius 1 is 1.56 bits per heavy atom. The summed E-state index contributed by atoms with van der Waals surface area (Å²) in [6.07, 6.45) is 3.65. The molecule has 0 spiro atoms. The van der Waals surface area contributed by atoms with E-state index in [0.29, 0.717) is 12.1 Å². The van der Waals surface area contributed by atoms with Crippen molar-refractivity contribution in [1.82, 2.24) is 15.5 Å². The Balaban J connectivity index is 1.90. The van der Waals surface area contributed by atoms with Gasteiger partial charge in [-0.25, -0.2) is 0 Å². The maximum Gasteiger partial charge on any atom is 0.134 e. The minimum atomic E-state index is 0.306. The van der Waals surface area contributed by atoms with E-state index < -0.39 is 0 Å². The number of nitrogens with one attached hydrogen (secondary N) is 1. The first kappa shape index (κ1) is 12.0. The molecule has 1 aliphatic heterocycles. The Morgan fingerprint density at radius 2 is 2.44 bits per heavy atom. The Kier molecular flexibility index (Phi) is 4.26. The van der Waals surface area contributed by atoms with E-state index in [1.54, 1.807) is 11.3 Å². The summed E-state index contributed by atoms with van der Waals surface area (Å²) >= 11 is 1.70. The van der Waals surface area contributed by atoms with Gasteiger partial charge in [0, 0.05) is 13.0 Å². The predicted octanol–water partition coefficient (Wildman–Crippen LogP) is 1.93. The van der Waals surface area contributed by atoms with Crippen molar-refractivity contribution in [3.05, 3.63) is 10.0 Å². The van der Waals surface area contributed by atoms with Gasteiger partial charge in [0.1, 0.15) is 10.0 Å². The molecule has 0 radical (unpaired) electrons. The first-order valence-corrected chi connectivity index (χ1v) is 6.78. The van der Waals surface area contributed by atoms with Crippen LogP contribution >= 0.6 is 11.3 Å². The highest BCUT2D eigenvalue weighted by Gasteiger charge is 2.19. The Bertz CT molecular complexity index is 323. The highest BCUT2D eigenvalue weighted by Crippen LogP contribution is 2.22. The van der Waals surface area contributed by atoms with Gasteiger partial charge in [0.25, 0.3) is 0 Å². The molecule has 16 heavy (non-hydrogen) atoms. The van der Waals surface area contributed by atoms with Gasteiger partial charge >= 0.3 is 0 Å². The van der Waals surface area contributed by atoms with E-state index in [1.807, 2.05) is 0 Å². The van der Waals surface area contributed by atoms with E-state index in [9.17, 15) is 0 Å². The molecule has 1 aromatic heterocycles. The largest absolute Gasteiger partial charge is 0.378 e. The molecule has 2 heterocycles. The van der Waals surface area contributed by atoms with Crippen LogP contribution in [-0.2, 0) is 11.2 Å². The first-order valence-electron chi connectivity index (χ1n) is 5.97. The topological polar surface area (TPSA) is 47.0 Å². The third kappa shape index (κ3) is 2.99. The molecule has 2 unspecified atom stereocenters. The lowest BCUT2D eigenvalue weighted by Gasteiger charge is -2.07. The van der Waals surface area contributed by atoms with Crippen molar-refractivity contribution < 1.29 is 4.74 Å². The summed E-state index contributed by atoms with van der Waals surface area (Å²) in [5, 5.41) is 14.0. The van der Waals surface area contributed by atoms with E-state index in [1.165, 1.54) is 6.42 Å². The van der Waals surface area contributed by atoms with Crippen molar-refractivity contribution in [1.29, 1.82) is 0 Å². The van der Waals surface area contributed by atoms with Crippen molar-refractivity contribution in [3.63, 3.8) is 0 Å². The van der Waals surface area contributed by atoms with Crippen LogP contribution in [0.3, 0.4) is 0 Å². The molecule has 0 amide bonds. The zero-order valence-electron chi connectivity index (χ0n) is 9.90. The lowest BCUT2D eigenvalue weighted by atomic mass is 10.2. The van der Waals surface area contributed by atoms with Crippen LogP contribution in [0.2, 0.25) is 0 Å². The molecule has 1 aliphatic rings. The zero-order chi connectivity index (χ0) is 11.4. The lowest BCUT2D eigenvalue weighted by molar-refractivity contribution is 0.111. The summed E-state index contributed by atoms with van der Waals surface area (Å²) in [7, 11) is 0. The standard InChI is InChI=1S/C11H19N3OS/c1-3-12-8(2)11-14-13-10(16-11)7-9-5-4-6-15-9/h8-9,12H,3-7H2,1-2H3. The smallest absolute Gasteiger partial charge is 0.134 e. The number of hydrogen-bond donors (Lipinski definition) is 1. The fraction of sp³-hybridized carbons (Fsp3) is 0.818. The van der Waals surface area contributed by atoms with Gasteiger partial charge in [-0.1, -0.05) is 18.3 Å². The van der Waals surface area contributed by atoms with Gasteiger partial charge in [-0.15, -0.1) is 10.2 Å². The fourth-order valence-corrected chi connectivity index (χ4v) is 2.85. The first-order chi connectivity index (χ1) is 7.79. The molecule has 1 fully saturated rings. The van der Waals surface area contributed by atoms with Crippen molar-refractivity contribution in [2.75, 3.05) is 13.2 Å². The van der Waals surface area contributed by atoms with Gasteiger partial charge in [-0.3, -0.25) is 0 Å². The molecule has 0 saturated carbocycles. The quantitative estimate of drug-likeness (QED) is 0.855. The van der Waals surface area contributed by atoms with E-state index >= 15 is 0 Å². The number of hydrogen-bond acceptors (Lipinski definition) is 5. The van der Waals surface area contributed by atoms with Crippen molar-refractivity contribution in [2.24, 2.45) is 0 Å². The van der Waals surface area contributed by atoms with Crippen LogP contribution in [0, 0.1) is 0 Å². The summed E-state index contributed by atoms with van der Waals surface area (Å²) in [5.74, 6) is 0. The third-order valence-electron chi connectivity index (χ3n) is 2.79. The van der Waals surface area contributed by atoms with Crippen LogP contribution in [0.1, 0.15) is 42.7 Å². The Morgan fingerprint density at radius 3 is 3.12 bits per heavy atom. The van der Waals surface area contributed by atoms with Crippen LogP contribution in [-0.4, -0.2) is 29.5 Å². The molecule has 1 saturated heterocycles. The molecule has 0 bridgehead atoms. The second-order valence-corrected chi connectivity index (χ2v) is 5.25. The molecular formula is C11H19N3OS. The average molecular weight is 241 g/mol. The number of aromatic nitrogens is 2. The summed E-state index contributed by atoms with van der Waals surface area (Å²) in [5.41, 5.74) is 0. The van der Waals surface area contributed by atoms with Gasteiger partial charge in [-0.2, -0.15) is 0 Å². The molecule has 4 nitrogen and oxygen atoms in total. The number of ether oxygens (including phenoxy) is 1. The average Bonchev–Trinajstić information content (AvgIpc) is 2.90. The molecule has 0 aliphatic carbocycles.